The highest BCUT2D eigenvalue weighted by Gasteiger charge is 2.42. The Hall–Kier alpha value is -2.54. The Labute approximate surface area is 157 Å². The van der Waals surface area contributed by atoms with Crippen LogP contribution in [-0.4, -0.2) is 12.1 Å². The van der Waals surface area contributed by atoms with Crippen molar-refractivity contribution in [3.63, 3.8) is 0 Å². The van der Waals surface area contributed by atoms with Gasteiger partial charge in [-0.05, 0) is 63.4 Å². The molecular weight excluding hydrogens is 314 g/mol. The molecule has 2 unspecified atom stereocenters. The maximum absolute atomic E-state index is 2.56. The molecule has 2 atom stereocenters. The molecule has 1 heteroatoms. The molecule has 1 heterocycles. The minimum Gasteiger partial charge on any atom is -0.361 e. The zero-order chi connectivity index (χ0) is 18.4. The average molecular weight is 341 g/mol. The number of hydrogen-bond donors (Lipinski definition) is 0. The van der Waals surface area contributed by atoms with Gasteiger partial charge in [0.15, 0.2) is 0 Å². The summed E-state index contributed by atoms with van der Waals surface area (Å²) < 4.78 is 0. The van der Waals surface area contributed by atoms with E-state index in [1.807, 2.05) is 0 Å². The van der Waals surface area contributed by atoms with E-state index < -0.39 is 0 Å². The van der Waals surface area contributed by atoms with Gasteiger partial charge in [-0.1, -0.05) is 59.7 Å². The number of anilines is 1. The lowest BCUT2D eigenvalue weighted by atomic mass is 9.92. The Morgan fingerprint density at radius 1 is 0.577 bits per heavy atom. The first-order valence-electron chi connectivity index (χ1n) is 9.53. The van der Waals surface area contributed by atoms with Gasteiger partial charge in [0, 0.05) is 23.2 Å². The minimum absolute atomic E-state index is 0.589. The van der Waals surface area contributed by atoms with E-state index in [0.717, 1.165) is 0 Å². The van der Waals surface area contributed by atoms with Crippen molar-refractivity contribution in [3.05, 3.63) is 77.4 Å². The van der Waals surface area contributed by atoms with Gasteiger partial charge in [-0.3, -0.25) is 0 Å². The Kier molecular flexibility index (Phi) is 4.11. The van der Waals surface area contributed by atoms with Crippen LogP contribution < -0.4 is 4.90 Å². The molecule has 4 rings (SSSR count). The van der Waals surface area contributed by atoms with Crippen LogP contribution in [0.25, 0.3) is 22.3 Å². The largest absolute Gasteiger partial charge is 0.361 e. The number of hydrogen-bond acceptors (Lipinski definition) is 1. The van der Waals surface area contributed by atoms with Crippen LogP contribution in [-0.2, 0) is 0 Å². The molecule has 0 spiro atoms. The van der Waals surface area contributed by atoms with Crippen molar-refractivity contribution in [3.8, 4) is 22.3 Å². The van der Waals surface area contributed by atoms with E-state index in [-0.39, 0.29) is 0 Å². The molecule has 3 aromatic rings. The van der Waals surface area contributed by atoms with E-state index in [0.29, 0.717) is 12.1 Å². The second-order valence-electron chi connectivity index (χ2n) is 7.83. The molecule has 0 amide bonds. The fourth-order valence-electron chi connectivity index (χ4n) is 3.87. The molecule has 1 fully saturated rings. The number of benzene rings is 3. The van der Waals surface area contributed by atoms with Crippen LogP contribution in [0, 0.1) is 20.8 Å². The summed E-state index contributed by atoms with van der Waals surface area (Å²) in [4.78, 5) is 2.56. The fraction of sp³-hybridized carbons (Fsp3) is 0.280. The second-order valence-corrected chi connectivity index (χ2v) is 7.83. The van der Waals surface area contributed by atoms with E-state index in [1.165, 1.54) is 44.6 Å². The highest BCUT2D eigenvalue weighted by atomic mass is 15.3. The summed E-state index contributed by atoms with van der Waals surface area (Å²) in [7, 11) is 0. The molecule has 0 saturated carbocycles. The third kappa shape index (κ3) is 2.92. The Bertz CT molecular complexity index is 860. The third-order valence-electron chi connectivity index (χ3n) is 5.72. The third-order valence-corrected chi connectivity index (χ3v) is 5.72. The van der Waals surface area contributed by atoms with Gasteiger partial charge in [0.1, 0.15) is 0 Å². The fourth-order valence-corrected chi connectivity index (χ4v) is 3.87. The van der Waals surface area contributed by atoms with Crippen LogP contribution in [0.5, 0.6) is 0 Å². The number of rotatable bonds is 3. The summed E-state index contributed by atoms with van der Waals surface area (Å²) in [6, 6.07) is 23.7. The van der Waals surface area contributed by atoms with Gasteiger partial charge in [-0.2, -0.15) is 0 Å². The molecule has 1 aliphatic heterocycles. The van der Waals surface area contributed by atoms with Crippen LogP contribution in [0.15, 0.2) is 60.7 Å². The van der Waals surface area contributed by atoms with Gasteiger partial charge in [-0.15, -0.1) is 0 Å². The highest BCUT2D eigenvalue weighted by Crippen LogP contribution is 2.47. The maximum atomic E-state index is 2.56. The molecule has 26 heavy (non-hydrogen) atoms. The van der Waals surface area contributed by atoms with E-state index in [2.05, 4.69) is 100 Å². The summed E-state index contributed by atoms with van der Waals surface area (Å²) in [5, 5.41) is 0. The normalized spacial score (nSPS) is 18.9. The van der Waals surface area contributed by atoms with Crippen LogP contribution in [0.2, 0.25) is 0 Å². The first-order valence-corrected chi connectivity index (χ1v) is 9.53. The molecular formula is C25H27N. The van der Waals surface area contributed by atoms with Gasteiger partial charge < -0.3 is 4.90 Å². The van der Waals surface area contributed by atoms with Crippen molar-refractivity contribution in [1.29, 1.82) is 0 Å². The van der Waals surface area contributed by atoms with Gasteiger partial charge >= 0.3 is 0 Å². The number of nitrogens with zero attached hydrogens (tertiary/aromatic N) is 1. The van der Waals surface area contributed by atoms with Crippen LogP contribution in [0.3, 0.4) is 0 Å². The van der Waals surface area contributed by atoms with Crippen molar-refractivity contribution in [2.75, 3.05) is 4.90 Å². The second kappa shape index (κ2) is 6.32. The van der Waals surface area contributed by atoms with E-state index >= 15 is 0 Å². The van der Waals surface area contributed by atoms with E-state index in [9.17, 15) is 0 Å². The Morgan fingerprint density at radius 2 is 0.962 bits per heavy atom. The lowest BCUT2D eigenvalue weighted by Gasteiger charge is -2.20. The molecule has 0 N–H and O–H groups in total. The molecule has 0 aliphatic carbocycles. The molecule has 0 bridgehead atoms. The predicted octanol–water partition coefficient (Wildman–Crippen LogP) is 6.54. The van der Waals surface area contributed by atoms with Gasteiger partial charge in [-0.25, -0.2) is 0 Å². The topological polar surface area (TPSA) is 3.01 Å². The zero-order valence-corrected chi connectivity index (χ0v) is 16.4. The molecule has 1 saturated heterocycles. The Morgan fingerprint density at radius 3 is 1.31 bits per heavy atom. The standard InChI is InChI=1S/C25H27N/c1-16-6-10-21(11-7-16)23-14-18(3)15-24(22-12-8-17(2)9-13-22)25(23)26-19(4)20(26)5/h6-15,19-20H,1-5H3. The summed E-state index contributed by atoms with van der Waals surface area (Å²) in [6.45, 7) is 11.1. The van der Waals surface area contributed by atoms with Gasteiger partial charge in [0.2, 0.25) is 0 Å². The van der Waals surface area contributed by atoms with Crippen molar-refractivity contribution in [2.45, 2.75) is 46.7 Å². The molecule has 1 aliphatic rings. The highest BCUT2D eigenvalue weighted by molar-refractivity contribution is 5.93. The van der Waals surface area contributed by atoms with Crippen LogP contribution in [0.1, 0.15) is 30.5 Å². The summed E-state index contributed by atoms with van der Waals surface area (Å²) in [5.74, 6) is 0. The lowest BCUT2D eigenvalue weighted by Crippen LogP contribution is -2.03. The predicted molar refractivity (Wildman–Crippen MR) is 113 cm³/mol. The SMILES string of the molecule is Cc1ccc(-c2cc(C)cc(-c3ccc(C)cc3)c2N2C(C)C2C)cc1. The summed E-state index contributed by atoms with van der Waals surface area (Å²) >= 11 is 0. The summed E-state index contributed by atoms with van der Waals surface area (Å²) in [5.41, 5.74) is 10.6. The molecule has 0 radical (unpaired) electrons. The first kappa shape index (κ1) is 16.9. The van der Waals surface area contributed by atoms with E-state index in [4.69, 9.17) is 0 Å². The van der Waals surface area contributed by atoms with Crippen molar-refractivity contribution in [1.82, 2.24) is 0 Å². The number of aryl methyl sites for hydroxylation is 3. The molecule has 132 valence electrons. The van der Waals surface area contributed by atoms with Gasteiger partial charge in [0.05, 0.1) is 5.69 Å². The van der Waals surface area contributed by atoms with Crippen molar-refractivity contribution in [2.24, 2.45) is 0 Å². The minimum atomic E-state index is 0.589. The zero-order valence-electron chi connectivity index (χ0n) is 16.4. The van der Waals surface area contributed by atoms with E-state index in [1.54, 1.807) is 0 Å². The smallest absolute Gasteiger partial charge is 0.0532 e. The molecule has 3 aromatic carbocycles. The first-order chi connectivity index (χ1) is 12.5. The van der Waals surface area contributed by atoms with Crippen LogP contribution in [0.4, 0.5) is 5.69 Å². The lowest BCUT2D eigenvalue weighted by molar-refractivity contribution is 1.05. The Balaban J connectivity index is 1.96. The summed E-state index contributed by atoms with van der Waals surface area (Å²) in [6.07, 6.45) is 0. The van der Waals surface area contributed by atoms with Crippen molar-refractivity contribution < 1.29 is 0 Å². The van der Waals surface area contributed by atoms with Crippen LogP contribution >= 0.6 is 0 Å². The maximum Gasteiger partial charge on any atom is 0.0532 e. The molecule has 0 aromatic heterocycles. The quantitative estimate of drug-likeness (QED) is 0.489. The monoisotopic (exact) mass is 341 g/mol. The van der Waals surface area contributed by atoms with Gasteiger partial charge in [0.25, 0.3) is 0 Å². The average Bonchev–Trinajstić information content (AvgIpc) is 3.21. The van der Waals surface area contributed by atoms with Crippen molar-refractivity contribution >= 4 is 5.69 Å². The molecule has 1 nitrogen and oxygen atoms in total.